The number of aryl methyl sites for hydroxylation is 2. The van der Waals surface area contributed by atoms with Crippen molar-refractivity contribution in [3.05, 3.63) is 59.4 Å². The maximum absolute atomic E-state index is 11.3. The molecule has 2 aromatic rings. The number of aromatic nitrogens is 1. The Labute approximate surface area is 174 Å². The van der Waals surface area contributed by atoms with Gasteiger partial charge in [0.2, 0.25) is 5.91 Å². The lowest BCUT2D eigenvalue weighted by Gasteiger charge is -2.42. The first-order valence-electron chi connectivity index (χ1n) is 10.7. The molecule has 1 aliphatic rings. The monoisotopic (exact) mass is 394 g/mol. The molecule has 2 N–H and O–H groups in total. The molecule has 0 aliphatic carbocycles. The van der Waals surface area contributed by atoms with E-state index in [0.29, 0.717) is 12.5 Å². The summed E-state index contributed by atoms with van der Waals surface area (Å²) in [4.78, 5) is 20.6. The number of hydrogen-bond acceptors (Lipinski definition) is 4. The van der Waals surface area contributed by atoms with Crippen molar-refractivity contribution in [3.63, 3.8) is 0 Å². The summed E-state index contributed by atoms with van der Waals surface area (Å²) in [5.74, 6) is -0.218. The summed E-state index contributed by atoms with van der Waals surface area (Å²) >= 11 is 0. The standard InChI is InChI=1S/C24H34N4O/c1-4-20-5-7-22(8-6-20)28(17-21-16-26-12-9-18(21)2)23-10-13-27(14-11-23)19(3)15-24(25)29/h5-9,12,16,19,23H,4,10-11,13-15,17H2,1-3H3,(H2,25,29). The third kappa shape index (κ3) is 5.57. The number of carbonyl (C=O) groups excluding carboxylic acids is 1. The average molecular weight is 395 g/mol. The van der Waals surface area contributed by atoms with E-state index in [1.54, 1.807) is 0 Å². The van der Waals surface area contributed by atoms with E-state index in [1.165, 1.54) is 22.4 Å². The number of rotatable bonds is 8. The van der Waals surface area contributed by atoms with Gasteiger partial charge in [0.25, 0.3) is 0 Å². The summed E-state index contributed by atoms with van der Waals surface area (Å²) < 4.78 is 0. The molecule has 29 heavy (non-hydrogen) atoms. The van der Waals surface area contributed by atoms with E-state index in [4.69, 9.17) is 5.73 Å². The zero-order chi connectivity index (χ0) is 20.8. The number of amides is 1. The second-order valence-corrected chi connectivity index (χ2v) is 8.24. The quantitative estimate of drug-likeness (QED) is 0.742. The van der Waals surface area contributed by atoms with Crippen LogP contribution in [0.15, 0.2) is 42.7 Å². The van der Waals surface area contributed by atoms with E-state index < -0.39 is 0 Å². The van der Waals surface area contributed by atoms with E-state index in [1.807, 2.05) is 12.4 Å². The van der Waals surface area contributed by atoms with E-state index in [0.717, 1.165) is 38.9 Å². The second-order valence-electron chi connectivity index (χ2n) is 8.24. The van der Waals surface area contributed by atoms with Gasteiger partial charge in [-0.05, 0) is 68.0 Å². The van der Waals surface area contributed by atoms with Crippen LogP contribution in [0.5, 0.6) is 0 Å². The van der Waals surface area contributed by atoms with E-state index in [2.05, 4.69) is 65.9 Å². The number of pyridine rings is 1. The Bertz CT molecular complexity index is 797. The Kier molecular flexibility index (Phi) is 7.26. The molecule has 156 valence electrons. The van der Waals surface area contributed by atoms with Crippen molar-refractivity contribution in [3.8, 4) is 0 Å². The fourth-order valence-electron chi connectivity index (χ4n) is 4.26. The molecule has 0 saturated carbocycles. The minimum atomic E-state index is -0.218. The van der Waals surface area contributed by atoms with Crippen LogP contribution in [0.1, 0.15) is 49.8 Å². The Morgan fingerprint density at radius 1 is 1.24 bits per heavy atom. The molecule has 5 nitrogen and oxygen atoms in total. The third-order valence-corrected chi connectivity index (χ3v) is 6.22. The van der Waals surface area contributed by atoms with Gasteiger partial charge in [-0.3, -0.25) is 14.7 Å². The zero-order valence-corrected chi connectivity index (χ0v) is 18.0. The first-order valence-corrected chi connectivity index (χ1v) is 10.7. The predicted octanol–water partition coefficient (Wildman–Crippen LogP) is 3.69. The van der Waals surface area contributed by atoms with Gasteiger partial charge in [-0.15, -0.1) is 0 Å². The molecule has 1 saturated heterocycles. The van der Waals surface area contributed by atoms with Crippen LogP contribution in [-0.4, -0.2) is 41.0 Å². The summed E-state index contributed by atoms with van der Waals surface area (Å²) in [6.07, 6.45) is 7.50. The molecule has 0 radical (unpaired) electrons. The van der Waals surface area contributed by atoms with Gasteiger partial charge in [0.05, 0.1) is 0 Å². The van der Waals surface area contributed by atoms with Crippen LogP contribution in [0.4, 0.5) is 5.69 Å². The smallest absolute Gasteiger partial charge is 0.218 e. The number of nitrogens with zero attached hydrogens (tertiary/aromatic N) is 3. The van der Waals surface area contributed by atoms with Crippen LogP contribution >= 0.6 is 0 Å². The highest BCUT2D eigenvalue weighted by atomic mass is 16.1. The minimum Gasteiger partial charge on any atom is -0.370 e. The van der Waals surface area contributed by atoms with Crippen molar-refractivity contribution in [2.24, 2.45) is 5.73 Å². The highest BCUT2D eigenvalue weighted by molar-refractivity contribution is 5.74. The van der Waals surface area contributed by atoms with Crippen molar-refractivity contribution in [1.82, 2.24) is 9.88 Å². The largest absolute Gasteiger partial charge is 0.370 e. The molecule has 1 aromatic heterocycles. The maximum atomic E-state index is 11.3. The van der Waals surface area contributed by atoms with Crippen LogP contribution in [0.3, 0.4) is 0 Å². The first-order chi connectivity index (χ1) is 14.0. The number of primary amides is 1. The summed E-state index contributed by atoms with van der Waals surface area (Å²) in [6, 6.07) is 11.8. The fourth-order valence-corrected chi connectivity index (χ4v) is 4.26. The molecule has 0 bridgehead atoms. The predicted molar refractivity (Wildman–Crippen MR) is 119 cm³/mol. The van der Waals surface area contributed by atoms with Gasteiger partial charge in [-0.1, -0.05) is 19.1 Å². The lowest BCUT2D eigenvalue weighted by atomic mass is 9.98. The highest BCUT2D eigenvalue weighted by Gasteiger charge is 2.28. The topological polar surface area (TPSA) is 62.5 Å². The first kappa shape index (κ1) is 21.3. The van der Waals surface area contributed by atoms with Gasteiger partial charge < -0.3 is 10.6 Å². The van der Waals surface area contributed by atoms with E-state index in [-0.39, 0.29) is 11.9 Å². The van der Waals surface area contributed by atoms with E-state index >= 15 is 0 Å². The molecule has 1 aliphatic heterocycles. The highest BCUT2D eigenvalue weighted by Crippen LogP contribution is 2.28. The van der Waals surface area contributed by atoms with Crippen molar-refractivity contribution in [2.45, 2.75) is 65.1 Å². The average Bonchev–Trinajstić information content (AvgIpc) is 2.73. The number of benzene rings is 1. The molecular weight excluding hydrogens is 360 g/mol. The van der Waals surface area contributed by atoms with Gasteiger partial charge in [0.1, 0.15) is 0 Å². The van der Waals surface area contributed by atoms with Crippen LogP contribution in [0, 0.1) is 6.92 Å². The van der Waals surface area contributed by atoms with Crippen molar-refractivity contribution in [1.29, 1.82) is 0 Å². The van der Waals surface area contributed by atoms with Crippen molar-refractivity contribution < 1.29 is 4.79 Å². The van der Waals surface area contributed by atoms with Crippen molar-refractivity contribution in [2.75, 3.05) is 18.0 Å². The fraction of sp³-hybridized carbons (Fsp3) is 0.500. The normalized spacial score (nSPS) is 16.5. The molecule has 5 heteroatoms. The number of likely N-dealkylation sites (tertiary alicyclic amines) is 1. The molecule has 1 atom stereocenters. The second kappa shape index (κ2) is 9.88. The molecule has 0 spiro atoms. The van der Waals surface area contributed by atoms with Crippen LogP contribution in [-0.2, 0) is 17.8 Å². The Balaban J connectivity index is 1.76. The van der Waals surface area contributed by atoms with Gasteiger partial charge in [-0.25, -0.2) is 0 Å². The lowest BCUT2D eigenvalue weighted by Crippen LogP contribution is -2.48. The van der Waals surface area contributed by atoms with E-state index in [9.17, 15) is 4.79 Å². The summed E-state index contributed by atoms with van der Waals surface area (Å²) in [6.45, 7) is 9.31. The Hall–Kier alpha value is -2.40. The van der Waals surface area contributed by atoms with Crippen LogP contribution in [0.25, 0.3) is 0 Å². The summed E-state index contributed by atoms with van der Waals surface area (Å²) in [7, 11) is 0. The third-order valence-electron chi connectivity index (χ3n) is 6.22. The number of anilines is 1. The van der Waals surface area contributed by atoms with Crippen LogP contribution in [0.2, 0.25) is 0 Å². The summed E-state index contributed by atoms with van der Waals surface area (Å²) in [5.41, 5.74) is 10.6. The molecular formula is C24H34N4O. The Morgan fingerprint density at radius 2 is 1.93 bits per heavy atom. The minimum absolute atomic E-state index is 0.214. The van der Waals surface area contributed by atoms with Gasteiger partial charge >= 0.3 is 0 Å². The number of carbonyl (C=O) groups is 1. The molecule has 1 amide bonds. The van der Waals surface area contributed by atoms with Gasteiger partial charge in [-0.2, -0.15) is 0 Å². The number of piperidine rings is 1. The van der Waals surface area contributed by atoms with Gasteiger partial charge in [0, 0.05) is 56.2 Å². The SMILES string of the molecule is CCc1ccc(N(Cc2cnccc2C)C2CCN(C(C)CC(N)=O)CC2)cc1. The molecule has 1 aromatic carbocycles. The lowest BCUT2D eigenvalue weighted by molar-refractivity contribution is -0.119. The zero-order valence-electron chi connectivity index (χ0n) is 18.0. The van der Waals surface area contributed by atoms with Crippen LogP contribution < -0.4 is 10.6 Å². The number of nitrogens with two attached hydrogens (primary N) is 1. The molecule has 2 heterocycles. The molecule has 3 rings (SSSR count). The van der Waals surface area contributed by atoms with Crippen molar-refractivity contribution >= 4 is 11.6 Å². The maximum Gasteiger partial charge on any atom is 0.218 e. The Morgan fingerprint density at radius 3 is 2.52 bits per heavy atom. The number of hydrogen-bond donors (Lipinski definition) is 1. The summed E-state index contributed by atoms with van der Waals surface area (Å²) in [5, 5.41) is 0. The molecule has 1 unspecified atom stereocenters. The van der Waals surface area contributed by atoms with Gasteiger partial charge in [0.15, 0.2) is 0 Å². The molecule has 1 fully saturated rings.